The third-order valence-corrected chi connectivity index (χ3v) is 3.80. The van der Waals surface area contributed by atoms with Crippen molar-refractivity contribution in [3.63, 3.8) is 0 Å². The molecule has 1 aromatic heterocycles. The summed E-state index contributed by atoms with van der Waals surface area (Å²) in [6.07, 6.45) is 1.62. The smallest absolute Gasteiger partial charge is 0.170 e. The van der Waals surface area contributed by atoms with E-state index in [9.17, 15) is 0 Å². The van der Waals surface area contributed by atoms with E-state index in [1.807, 2.05) is 18.2 Å². The Bertz CT molecular complexity index is 691. The molecule has 2 aromatic rings. The van der Waals surface area contributed by atoms with Crippen LogP contribution in [0.4, 0.5) is 0 Å². The zero-order valence-corrected chi connectivity index (χ0v) is 11.8. The summed E-state index contributed by atoms with van der Waals surface area (Å²) in [5.74, 6) is 1.55. The fraction of sp³-hybridized carbons (Fsp3) is 0.143. The van der Waals surface area contributed by atoms with Crippen molar-refractivity contribution in [1.29, 1.82) is 0 Å². The van der Waals surface area contributed by atoms with Gasteiger partial charge in [-0.25, -0.2) is 4.98 Å². The molecule has 0 unspecified atom stereocenters. The van der Waals surface area contributed by atoms with Crippen LogP contribution >= 0.6 is 11.8 Å². The van der Waals surface area contributed by atoms with Crippen molar-refractivity contribution in [3.8, 4) is 11.5 Å². The number of amidine groups is 1. The summed E-state index contributed by atoms with van der Waals surface area (Å²) in [7, 11) is 0. The molecule has 1 aromatic carbocycles. The number of aromatic nitrogens is 1. The van der Waals surface area contributed by atoms with Gasteiger partial charge < -0.3 is 20.4 Å². The first-order chi connectivity index (χ1) is 10.3. The number of rotatable bonds is 3. The zero-order chi connectivity index (χ0) is 14.7. The standard InChI is InChI=1S/C14H13N3O3S/c15-14(17-18)9-3-4-16-13(7-9)21-10-1-2-11-12(8-10)20-6-5-19-11/h1-4,7-8,18H,5-6H2,(H2,15,17). The van der Waals surface area contributed by atoms with E-state index in [-0.39, 0.29) is 5.84 Å². The van der Waals surface area contributed by atoms with Crippen LogP contribution in [0.5, 0.6) is 11.5 Å². The van der Waals surface area contributed by atoms with Gasteiger partial charge >= 0.3 is 0 Å². The lowest BCUT2D eigenvalue weighted by molar-refractivity contribution is 0.171. The molecule has 108 valence electrons. The summed E-state index contributed by atoms with van der Waals surface area (Å²) >= 11 is 1.46. The molecule has 1 aliphatic rings. The van der Waals surface area contributed by atoms with Crippen molar-refractivity contribution in [3.05, 3.63) is 42.1 Å². The molecule has 1 aliphatic heterocycles. The van der Waals surface area contributed by atoms with Crippen molar-refractivity contribution in [2.24, 2.45) is 10.9 Å². The Morgan fingerprint density at radius 2 is 2.00 bits per heavy atom. The summed E-state index contributed by atoms with van der Waals surface area (Å²) in [4.78, 5) is 5.24. The predicted octanol–water partition coefficient (Wildman–Crippen LogP) is 2.10. The lowest BCUT2D eigenvalue weighted by Crippen LogP contribution is -2.15. The molecule has 7 heteroatoms. The summed E-state index contributed by atoms with van der Waals surface area (Å²) in [6.45, 7) is 1.13. The third-order valence-electron chi connectivity index (χ3n) is 2.87. The summed E-state index contributed by atoms with van der Waals surface area (Å²) < 4.78 is 11.0. The number of ether oxygens (including phenoxy) is 2. The molecule has 0 aliphatic carbocycles. The minimum atomic E-state index is 0.0569. The Balaban J connectivity index is 1.83. The van der Waals surface area contributed by atoms with Crippen molar-refractivity contribution in [1.82, 2.24) is 4.98 Å². The lowest BCUT2D eigenvalue weighted by atomic mass is 10.2. The van der Waals surface area contributed by atoms with Gasteiger partial charge in [0.15, 0.2) is 17.3 Å². The molecule has 0 spiro atoms. The van der Waals surface area contributed by atoms with Gasteiger partial charge in [0.05, 0.1) is 0 Å². The second kappa shape index (κ2) is 5.92. The first-order valence-corrected chi connectivity index (χ1v) is 7.09. The van der Waals surface area contributed by atoms with Crippen LogP contribution in [0.2, 0.25) is 0 Å². The highest BCUT2D eigenvalue weighted by Crippen LogP contribution is 2.36. The van der Waals surface area contributed by atoms with E-state index in [4.69, 9.17) is 20.4 Å². The molecule has 0 bridgehead atoms. The van der Waals surface area contributed by atoms with E-state index < -0.39 is 0 Å². The first-order valence-electron chi connectivity index (χ1n) is 6.28. The Morgan fingerprint density at radius 1 is 1.19 bits per heavy atom. The lowest BCUT2D eigenvalue weighted by Gasteiger charge is -2.18. The van der Waals surface area contributed by atoms with Crippen molar-refractivity contribution in [2.45, 2.75) is 9.92 Å². The van der Waals surface area contributed by atoms with E-state index in [2.05, 4.69) is 10.1 Å². The van der Waals surface area contributed by atoms with Gasteiger partial charge in [0.2, 0.25) is 0 Å². The highest BCUT2D eigenvalue weighted by atomic mass is 32.2. The van der Waals surface area contributed by atoms with Gasteiger partial charge in [0.1, 0.15) is 18.2 Å². The monoisotopic (exact) mass is 303 g/mol. The Hall–Kier alpha value is -2.41. The van der Waals surface area contributed by atoms with Gasteiger partial charge in [-0.2, -0.15) is 0 Å². The van der Waals surface area contributed by atoms with E-state index in [0.717, 1.165) is 21.4 Å². The molecule has 21 heavy (non-hydrogen) atoms. The Kier molecular flexibility index (Phi) is 3.83. The molecule has 0 saturated carbocycles. The third kappa shape index (κ3) is 3.03. The maximum Gasteiger partial charge on any atom is 0.170 e. The van der Waals surface area contributed by atoms with Crippen LogP contribution in [0.1, 0.15) is 5.56 Å². The molecule has 3 rings (SSSR count). The molecular weight excluding hydrogens is 290 g/mol. The maximum atomic E-state index is 8.71. The van der Waals surface area contributed by atoms with Crippen molar-refractivity contribution in [2.75, 3.05) is 13.2 Å². The fourth-order valence-electron chi connectivity index (χ4n) is 1.89. The largest absolute Gasteiger partial charge is 0.486 e. The number of oxime groups is 1. The average molecular weight is 303 g/mol. The number of hydrogen-bond acceptors (Lipinski definition) is 6. The Morgan fingerprint density at radius 3 is 2.81 bits per heavy atom. The number of hydrogen-bond donors (Lipinski definition) is 2. The normalized spacial score (nSPS) is 14.0. The summed E-state index contributed by atoms with van der Waals surface area (Å²) in [5.41, 5.74) is 6.19. The second-order valence-corrected chi connectivity index (χ2v) is 5.37. The molecule has 6 nitrogen and oxygen atoms in total. The SMILES string of the molecule is N/C(=N/O)c1ccnc(Sc2ccc3c(c2)OCCO3)c1. The molecule has 0 radical (unpaired) electrons. The summed E-state index contributed by atoms with van der Waals surface area (Å²) in [5, 5.41) is 12.4. The highest BCUT2D eigenvalue weighted by Gasteiger charge is 2.12. The number of fused-ring (bicyclic) bond motifs is 1. The van der Waals surface area contributed by atoms with Crippen LogP contribution in [0.25, 0.3) is 0 Å². The minimum absolute atomic E-state index is 0.0569. The summed E-state index contributed by atoms with van der Waals surface area (Å²) in [6, 6.07) is 9.18. The van der Waals surface area contributed by atoms with E-state index in [1.165, 1.54) is 11.8 Å². The molecule has 0 saturated heterocycles. The quantitative estimate of drug-likeness (QED) is 0.390. The molecule has 0 fully saturated rings. The van der Waals surface area contributed by atoms with Gasteiger partial charge in [-0.1, -0.05) is 16.9 Å². The van der Waals surface area contributed by atoms with E-state index in [1.54, 1.807) is 18.3 Å². The van der Waals surface area contributed by atoms with E-state index in [0.29, 0.717) is 18.8 Å². The van der Waals surface area contributed by atoms with Gasteiger partial charge in [-0.3, -0.25) is 0 Å². The van der Waals surface area contributed by atoms with Crippen LogP contribution in [0.3, 0.4) is 0 Å². The second-order valence-electron chi connectivity index (χ2n) is 4.28. The number of pyridine rings is 1. The number of benzene rings is 1. The Labute approximate surface area is 125 Å². The highest BCUT2D eigenvalue weighted by molar-refractivity contribution is 7.99. The molecule has 2 heterocycles. The average Bonchev–Trinajstić information content (AvgIpc) is 2.54. The minimum Gasteiger partial charge on any atom is -0.486 e. The molecule has 0 amide bonds. The predicted molar refractivity (Wildman–Crippen MR) is 78.3 cm³/mol. The van der Waals surface area contributed by atoms with Gasteiger partial charge in [-0.05, 0) is 30.3 Å². The maximum absolute atomic E-state index is 8.71. The zero-order valence-electron chi connectivity index (χ0n) is 11.0. The van der Waals surface area contributed by atoms with Crippen LogP contribution in [0, 0.1) is 0 Å². The first kappa shape index (κ1) is 13.6. The van der Waals surface area contributed by atoms with Crippen LogP contribution in [-0.4, -0.2) is 29.2 Å². The number of nitrogens with zero attached hydrogens (tertiary/aromatic N) is 2. The van der Waals surface area contributed by atoms with Crippen molar-refractivity contribution < 1.29 is 14.7 Å². The van der Waals surface area contributed by atoms with Crippen molar-refractivity contribution >= 4 is 17.6 Å². The van der Waals surface area contributed by atoms with Crippen LogP contribution in [0.15, 0.2) is 51.6 Å². The molecule has 0 atom stereocenters. The van der Waals surface area contributed by atoms with Crippen LogP contribution in [-0.2, 0) is 0 Å². The van der Waals surface area contributed by atoms with Gasteiger partial charge in [-0.15, -0.1) is 0 Å². The molecular formula is C14H13N3O3S. The van der Waals surface area contributed by atoms with Gasteiger partial charge in [0, 0.05) is 16.7 Å². The fourth-order valence-corrected chi connectivity index (χ4v) is 2.73. The van der Waals surface area contributed by atoms with E-state index >= 15 is 0 Å². The van der Waals surface area contributed by atoms with Crippen LogP contribution < -0.4 is 15.2 Å². The van der Waals surface area contributed by atoms with Gasteiger partial charge in [0.25, 0.3) is 0 Å². The number of nitrogens with two attached hydrogens (primary N) is 1. The topological polar surface area (TPSA) is 90.0 Å². The molecule has 3 N–H and O–H groups in total.